The topological polar surface area (TPSA) is 114 Å². The van der Waals surface area contributed by atoms with Crippen LogP contribution in [0.1, 0.15) is 39.5 Å². The van der Waals surface area contributed by atoms with Crippen LogP contribution >= 0.6 is 0 Å². The predicted molar refractivity (Wildman–Crippen MR) is 81.0 cm³/mol. The van der Waals surface area contributed by atoms with E-state index in [0.29, 0.717) is 25.2 Å². The molecule has 0 aromatic carbocycles. The number of pyridine rings is 1. The van der Waals surface area contributed by atoms with E-state index in [-0.39, 0.29) is 16.9 Å². The molecule has 0 saturated heterocycles. The molecule has 4 N–H and O–H groups in total. The van der Waals surface area contributed by atoms with Crippen molar-refractivity contribution in [3.8, 4) is 0 Å². The fourth-order valence-corrected chi connectivity index (χ4v) is 2.56. The number of nitrogens with zero attached hydrogens (tertiary/aromatic N) is 2. The first kappa shape index (κ1) is 15.5. The summed E-state index contributed by atoms with van der Waals surface area (Å²) in [6.45, 7) is 4.71. The zero-order valence-corrected chi connectivity index (χ0v) is 12.4. The molecule has 0 amide bonds. The normalized spacial score (nSPS) is 20.0. The number of hydrogen-bond donors (Lipinski definition) is 3. The molecule has 116 valence electrons. The van der Waals surface area contributed by atoms with Crippen LogP contribution in [0.4, 0.5) is 17.3 Å². The van der Waals surface area contributed by atoms with Crippen molar-refractivity contribution in [3.63, 3.8) is 0 Å². The third-order valence-corrected chi connectivity index (χ3v) is 4.17. The lowest BCUT2D eigenvalue weighted by atomic mass is 9.71. The third kappa shape index (κ3) is 4.04. The highest BCUT2D eigenvalue weighted by atomic mass is 16.6. The summed E-state index contributed by atoms with van der Waals surface area (Å²) < 4.78 is 0. The van der Waals surface area contributed by atoms with Crippen LogP contribution < -0.4 is 11.1 Å². The molecule has 1 heterocycles. The van der Waals surface area contributed by atoms with Gasteiger partial charge in [0.25, 0.3) is 5.69 Å². The maximum atomic E-state index is 10.8. The maximum absolute atomic E-state index is 10.8. The first-order valence-corrected chi connectivity index (χ1v) is 7.07. The van der Waals surface area contributed by atoms with E-state index in [1.807, 2.05) is 0 Å². The first-order chi connectivity index (χ1) is 9.69. The quantitative estimate of drug-likeness (QED) is 0.580. The minimum absolute atomic E-state index is 0.0865. The summed E-state index contributed by atoms with van der Waals surface area (Å²) in [5.74, 6) is 0.406. The van der Waals surface area contributed by atoms with Gasteiger partial charge in [-0.2, -0.15) is 0 Å². The van der Waals surface area contributed by atoms with Gasteiger partial charge in [0, 0.05) is 6.54 Å². The molecular formula is C14H22N4O3. The molecule has 1 saturated carbocycles. The summed E-state index contributed by atoms with van der Waals surface area (Å²) in [4.78, 5) is 14.3. The van der Waals surface area contributed by atoms with Gasteiger partial charge in [0.15, 0.2) is 0 Å². The predicted octanol–water partition coefficient (Wildman–Crippen LogP) is 2.32. The van der Waals surface area contributed by atoms with Crippen LogP contribution in [-0.4, -0.2) is 27.2 Å². The fourth-order valence-electron chi connectivity index (χ4n) is 2.56. The molecular weight excluding hydrogens is 272 g/mol. The van der Waals surface area contributed by atoms with Crippen LogP contribution in [0.3, 0.4) is 0 Å². The van der Waals surface area contributed by atoms with Crippen LogP contribution in [-0.2, 0) is 0 Å². The van der Waals surface area contributed by atoms with E-state index in [0.717, 1.165) is 12.8 Å². The van der Waals surface area contributed by atoms with Crippen molar-refractivity contribution in [2.24, 2.45) is 5.41 Å². The molecule has 1 aliphatic rings. The third-order valence-electron chi connectivity index (χ3n) is 4.17. The van der Waals surface area contributed by atoms with Gasteiger partial charge >= 0.3 is 0 Å². The molecule has 7 heteroatoms. The second-order valence-electron chi connectivity index (χ2n) is 6.63. The second-order valence-corrected chi connectivity index (χ2v) is 6.63. The van der Waals surface area contributed by atoms with Crippen LogP contribution in [0.2, 0.25) is 0 Å². The first-order valence-electron chi connectivity index (χ1n) is 7.07. The van der Waals surface area contributed by atoms with E-state index < -0.39 is 10.5 Å². The minimum Gasteiger partial charge on any atom is -0.388 e. The number of nitrogens with one attached hydrogen (secondary N) is 1. The van der Waals surface area contributed by atoms with Crippen LogP contribution in [0, 0.1) is 15.5 Å². The van der Waals surface area contributed by atoms with Crippen molar-refractivity contribution in [2.75, 3.05) is 17.6 Å². The molecule has 0 radical (unpaired) electrons. The van der Waals surface area contributed by atoms with Gasteiger partial charge in [-0.25, -0.2) is 4.98 Å². The zero-order chi connectivity index (χ0) is 15.7. The SMILES string of the molecule is CC1(C)CCC(O)(CNc2cc([N+](=O)[O-])cc(N)n2)CC1. The Balaban J connectivity index is 2.01. The number of aliphatic hydroxyl groups is 1. The van der Waals surface area contributed by atoms with Crippen molar-refractivity contribution in [1.82, 2.24) is 4.98 Å². The van der Waals surface area contributed by atoms with Gasteiger partial charge in [-0.3, -0.25) is 10.1 Å². The van der Waals surface area contributed by atoms with Crippen molar-refractivity contribution in [3.05, 3.63) is 22.2 Å². The average molecular weight is 294 g/mol. The Labute approximate surface area is 123 Å². The Bertz CT molecular complexity index is 535. The van der Waals surface area contributed by atoms with E-state index >= 15 is 0 Å². The van der Waals surface area contributed by atoms with E-state index in [4.69, 9.17) is 5.73 Å². The average Bonchev–Trinajstić information content (AvgIpc) is 2.40. The molecule has 1 fully saturated rings. The van der Waals surface area contributed by atoms with E-state index in [1.165, 1.54) is 12.1 Å². The van der Waals surface area contributed by atoms with Crippen molar-refractivity contribution >= 4 is 17.3 Å². The standard InChI is InChI=1S/C14H22N4O3/c1-13(2)3-5-14(19,6-4-13)9-16-12-8-10(18(20)21)7-11(15)17-12/h7-8,19H,3-6,9H2,1-2H3,(H3,15,16,17). The molecule has 0 bridgehead atoms. The van der Waals surface area contributed by atoms with E-state index in [1.54, 1.807) is 0 Å². The Morgan fingerprint density at radius 3 is 2.57 bits per heavy atom. The Hall–Kier alpha value is -1.89. The maximum Gasteiger partial charge on any atom is 0.276 e. The lowest BCUT2D eigenvalue weighted by Crippen LogP contribution is -2.42. The number of nitrogen functional groups attached to an aromatic ring is 1. The van der Waals surface area contributed by atoms with Gasteiger partial charge < -0.3 is 16.2 Å². The minimum atomic E-state index is -0.795. The van der Waals surface area contributed by atoms with Gasteiger partial charge in [-0.05, 0) is 31.1 Å². The highest BCUT2D eigenvalue weighted by Gasteiger charge is 2.36. The molecule has 0 unspecified atom stereocenters. The van der Waals surface area contributed by atoms with E-state index in [2.05, 4.69) is 24.1 Å². The molecule has 1 aliphatic carbocycles. The molecule has 0 spiro atoms. The molecule has 1 aromatic heterocycles. The Kier molecular flexibility index (Phi) is 4.04. The number of anilines is 2. The van der Waals surface area contributed by atoms with Gasteiger partial charge in [0.05, 0.1) is 22.7 Å². The lowest BCUT2D eigenvalue weighted by Gasteiger charge is -2.40. The number of nitrogens with two attached hydrogens (primary N) is 1. The lowest BCUT2D eigenvalue weighted by molar-refractivity contribution is -0.384. The zero-order valence-electron chi connectivity index (χ0n) is 12.4. The Morgan fingerprint density at radius 1 is 1.38 bits per heavy atom. The number of aromatic nitrogens is 1. The largest absolute Gasteiger partial charge is 0.388 e. The summed E-state index contributed by atoms with van der Waals surface area (Å²) in [6.07, 6.45) is 3.32. The molecule has 21 heavy (non-hydrogen) atoms. The van der Waals surface area contributed by atoms with Crippen LogP contribution in [0.15, 0.2) is 12.1 Å². The van der Waals surface area contributed by atoms with Crippen LogP contribution in [0.5, 0.6) is 0 Å². The van der Waals surface area contributed by atoms with Gasteiger partial charge in [-0.1, -0.05) is 13.8 Å². The molecule has 1 aromatic rings. The van der Waals surface area contributed by atoms with Gasteiger partial charge in [0.2, 0.25) is 0 Å². The van der Waals surface area contributed by atoms with Crippen molar-refractivity contribution < 1.29 is 10.0 Å². The molecule has 0 aliphatic heterocycles. The highest BCUT2D eigenvalue weighted by Crippen LogP contribution is 2.40. The van der Waals surface area contributed by atoms with Gasteiger partial charge in [0.1, 0.15) is 11.6 Å². The summed E-state index contributed by atoms with van der Waals surface area (Å²) in [5, 5.41) is 24.3. The monoisotopic (exact) mass is 294 g/mol. The van der Waals surface area contributed by atoms with E-state index in [9.17, 15) is 15.2 Å². The smallest absolute Gasteiger partial charge is 0.276 e. The number of rotatable bonds is 4. The van der Waals surface area contributed by atoms with Crippen LogP contribution in [0.25, 0.3) is 0 Å². The summed E-state index contributed by atoms with van der Waals surface area (Å²) in [5.41, 5.74) is 4.92. The second kappa shape index (κ2) is 5.48. The van der Waals surface area contributed by atoms with Crippen molar-refractivity contribution in [1.29, 1.82) is 0 Å². The van der Waals surface area contributed by atoms with Gasteiger partial charge in [-0.15, -0.1) is 0 Å². The molecule has 7 nitrogen and oxygen atoms in total. The summed E-state index contributed by atoms with van der Waals surface area (Å²) >= 11 is 0. The summed E-state index contributed by atoms with van der Waals surface area (Å²) in [6, 6.07) is 2.54. The highest BCUT2D eigenvalue weighted by molar-refractivity contribution is 5.52. The number of nitro groups is 1. The Morgan fingerprint density at radius 2 is 2.00 bits per heavy atom. The summed E-state index contributed by atoms with van der Waals surface area (Å²) in [7, 11) is 0. The molecule has 2 rings (SSSR count). The number of hydrogen-bond acceptors (Lipinski definition) is 6. The van der Waals surface area contributed by atoms with Crippen molar-refractivity contribution in [2.45, 2.75) is 45.1 Å². The molecule has 0 atom stereocenters. The fraction of sp³-hybridized carbons (Fsp3) is 0.643.